The molecular weight excluding hydrogens is 476 g/mol. The van der Waals surface area contributed by atoms with Gasteiger partial charge in [0.05, 0.1) is 24.6 Å². The monoisotopic (exact) mass is 502 g/mol. The second-order valence-electron chi connectivity index (χ2n) is 9.03. The second-order valence-corrected chi connectivity index (χ2v) is 9.46. The summed E-state index contributed by atoms with van der Waals surface area (Å²) in [5.41, 5.74) is 6.24. The molecule has 2 aromatic heterocycles. The highest BCUT2D eigenvalue weighted by Gasteiger charge is 2.27. The Morgan fingerprint density at radius 3 is 2.64 bits per heavy atom. The number of ether oxygens (including phenoxy) is 1. The molecule has 3 heterocycles. The predicted octanol–water partition coefficient (Wildman–Crippen LogP) is 4.26. The number of halogens is 1. The van der Waals surface area contributed by atoms with Crippen molar-refractivity contribution in [1.82, 2.24) is 15.3 Å². The van der Waals surface area contributed by atoms with Crippen LogP contribution in [0.25, 0.3) is 11.0 Å². The minimum atomic E-state index is -0.732. The van der Waals surface area contributed by atoms with Gasteiger partial charge in [0.1, 0.15) is 6.04 Å². The van der Waals surface area contributed by atoms with Crippen LogP contribution in [0.3, 0.4) is 0 Å². The number of likely N-dealkylation sites (N-methyl/N-ethyl adjacent to an activating group) is 1. The van der Waals surface area contributed by atoms with E-state index >= 15 is 0 Å². The zero-order valence-corrected chi connectivity index (χ0v) is 20.9. The van der Waals surface area contributed by atoms with Gasteiger partial charge in [0, 0.05) is 41.5 Å². The van der Waals surface area contributed by atoms with Gasteiger partial charge in [-0.3, -0.25) is 9.59 Å². The summed E-state index contributed by atoms with van der Waals surface area (Å²) in [6, 6.07) is 18.2. The topological polar surface area (TPSA) is 87.3 Å². The van der Waals surface area contributed by atoms with E-state index in [1.165, 1.54) is 5.56 Å². The number of benzene rings is 2. The van der Waals surface area contributed by atoms with Crippen molar-refractivity contribution in [3.63, 3.8) is 0 Å². The molecule has 1 aliphatic rings. The van der Waals surface area contributed by atoms with Gasteiger partial charge in [-0.25, -0.2) is 4.98 Å². The summed E-state index contributed by atoms with van der Waals surface area (Å²) in [5, 5.41) is 3.59. The lowest BCUT2D eigenvalue weighted by Gasteiger charge is -2.25. The molecule has 2 bridgehead atoms. The van der Waals surface area contributed by atoms with Gasteiger partial charge in [0.2, 0.25) is 17.7 Å². The molecule has 36 heavy (non-hydrogen) atoms. The van der Waals surface area contributed by atoms with Crippen LogP contribution in [0.2, 0.25) is 5.02 Å². The van der Waals surface area contributed by atoms with Crippen LogP contribution in [0.15, 0.2) is 60.7 Å². The van der Waals surface area contributed by atoms with E-state index in [-0.39, 0.29) is 18.2 Å². The number of H-pyrrole nitrogens is 1. The molecule has 1 aliphatic heterocycles. The van der Waals surface area contributed by atoms with Crippen LogP contribution in [0, 0.1) is 0 Å². The summed E-state index contributed by atoms with van der Waals surface area (Å²) < 4.78 is 5.32. The molecule has 0 fully saturated rings. The summed E-state index contributed by atoms with van der Waals surface area (Å²) in [4.78, 5) is 36.5. The Hall–Kier alpha value is -3.84. The van der Waals surface area contributed by atoms with Crippen molar-refractivity contribution in [2.75, 3.05) is 19.1 Å². The molecule has 184 valence electrons. The summed E-state index contributed by atoms with van der Waals surface area (Å²) >= 11 is 6.02. The van der Waals surface area contributed by atoms with Crippen LogP contribution in [-0.2, 0) is 35.3 Å². The third kappa shape index (κ3) is 4.93. The second kappa shape index (κ2) is 10.0. The number of amides is 2. The minimum Gasteiger partial charge on any atom is -0.481 e. The van der Waals surface area contributed by atoms with Crippen LogP contribution < -0.4 is 15.0 Å². The van der Waals surface area contributed by atoms with Gasteiger partial charge in [-0.1, -0.05) is 35.9 Å². The number of pyridine rings is 1. The Bertz CT molecular complexity index is 1430. The number of nitrogens with zero attached hydrogens (tertiary/aromatic N) is 2. The van der Waals surface area contributed by atoms with Crippen molar-refractivity contribution in [2.45, 2.75) is 31.7 Å². The maximum Gasteiger partial charge on any atom is 0.249 e. The van der Waals surface area contributed by atoms with Crippen molar-refractivity contribution in [3.8, 4) is 5.88 Å². The largest absolute Gasteiger partial charge is 0.481 e. The number of carbonyl (C=O) groups excluding carboxylic acids is 2. The number of methoxy groups -OCH3 is 1. The number of anilines is 1. The molecule has 0 saturated heterocycles. The molecule has 0 spiro atoms. The van der Waals surface area contributed by atoms with Crippen molar-refractivity contribution < 1.29 is 14.3 Å². The van der Waals surface area contributed by atoms with Gasteiger partial charge in [0.25, 0.3) is 0 Å². The minimum absolute atomic E-state index is 0.109. The van der Waals surface area contributed by atoms with Gasteiger partial charge in [-0.05, 0) is 54.3 Å². The summed E-state index contributed by atoms with van der Waals surface area (Å²) in [5.74, 6) is 0.0506. The number of carbonyl (C=O) groups is 2. The highest BCUT2D eigenvalue weighted by Crippen LogP contribution is 2.26. The molecule has 8 heteroatoms. The number of aryl methyl sites for hydroxylation is 2. The summed E-state index contributed by atoms with van der Waals surface area (Å²) in [7, 11) is 3.28. The Morgan fingerprint density at radius 1 is 1.08 bits per heavy atom. The number of hydrogen-bond acceptors (Lipinski definition) is 4. The lowest BCUT2D eigenvalue weighted by atomic mass is 9.97. The average Bonchev–Trinajstić information content (AvgIpc) is 3.22. The normalized spacial score (nSPS) is 15.9. The third-order valence-corrected chi connectivity index (χ3v) is 6.88. The molecule has 2 amide bonds. The van der Waals surface area contributed by atoms with E-state index in [0.717, 1.165) is 35.2 Å². The molecular formula is C28H27ClN4O3. The van der Waals surface area contributed by atoms with E-state index in [4.69, 9.17) is 16.3 Å². The van der Waals surface area contributed by atoms with Crippen molar-refractivity contribution in [1.29, 1.82) is 0 Å². The van der Waals surface area contributed by atoms with E-state index in [1.54, 1.807) is 49.4 Å². The fourth-order valence-corrected chi connectivity index (χ4v) is 4.85. The lowest BCUT2D eigenvalue weighted by molar-refractivity contribution is -0.127. The van der Waals surface area contributed by atoms with E-state index in [2.05, 4.69) is 27.4 Å². The van der Waals surface area contributed by atoms with Crippen molar-refractivity contribution in [3.05, 3.63) is 88.1 Å². The Balaban J connectivity index is 1.52. The highest BCUT2D eigenvalue weighted by molar-refractivity contribution is 6.30. The number of nitrogens with one attached hydrogen (secondary N) is 2. The van der Waals surface area contributed by atoms with E-state index in [9.17, 15) is 9.59 Å². The first-order chi connectivity index (χ1) is 17.4. The highest BCUT2D eigenvalue weighted by atomic mass is 35.5. The van der Waals surface area contributed by atoms with Crippen LogP contribution >= 0.6 is 11.6 Å². The van der Waals surface area contributed by atoms with E-state index < -0.39 is 6.04 Å². The van der Waals surface area contributed by atoms with Crippen LogP contribution in [0.1, 0.15) is 22.4 Å². The summed E-state index contributed by atoms with van der Waals surface area (Å²) in [6.07, 6.45) is 2.04. The van der Waals surface area contributed by atoms with Gasteiger partial charge >= 0.3 is 0 Å². The molecule has 0 unspecified atom stereocenters. The molecule has 1 atom stereocenters. The number of hydrogen-bond donors (Lipinski definition) is 2. The van der Waals surface area contributed by atoms with E-state index in [0.29, 0.717) is 28.5 Å². The van der Waals surface area contributed by atoms with Crippen LogP contribution in [-0.4, -0.2) is 42.0 Å². The first-order valence-electron chi connectivity index (χ1n) is 11.9. The molecule has 5 rings (SSSR count). The average molecular weight is 503 g/mol. The van der Waals surface area contributed by atoms with Crippen LogP contribution in [0.5, 0.6) is 5.88 Å². The molecule has 0 aliphatic carbocycles. The quantitative estimate of drug-likeness (QED) is 0.438. The molecule has 0 saturated carbocycles. The first kappa shape index (κ1) is 23.9. The number of aromatic nitrogens is 2. The first-order valence-corrected chi connectivity index (χ1v) is 12.2. The van der Waals surface area contributed by atoms with Gasteiger partial charge in [-0.2, -0.15) is 0 Å². The lowest BCUT2D eigenvalue weighted by Crippen LogP contribution is -2.49. The SMILES string of the molecule is COc1ccc2[nH]c3c(c2n1)CC(=O)N[C@H](C(=O)N(C)c1ccc(Cl)cc1)Cc1cccc(c1)CC3. The molecule has 2 N–H and O–H groups in total. The van der Waals surface area contributed by atoms with E-state index in [1.807, 2.05) is 18.2 Å². The van der Waals surface area contributed by atoms with Gasteiger partial charge < -0.3 is 19.9 Å². The molecule has 4 aromatic rings. The zero-order valence-electron chi connectivity index (χ0n) is 20.2. The Morgan fingerprint density at radius 2 is 1.86 bits per heavy atom. The number of aromatic amines is 1. The maximum atomic E-state index is 13.6. The van der Waals surface area contributed by atoms with Crippen LogP contribution in [0.4, 0.5) is 5.69 Å². The maximum absolute atomic E-state index is 13.6. The van der Waals surface area contributed by atoms with Crippen molar-refractivity contribution in [2.24, 2.45) is 0 Å². The fourth-order valence-electron chi connectivity index (χ4n) is 4.72. The molecule has 7 nitrogen and oxygen atoms in total. The van der Waals surface area contributed by atoms with Crippen molar-refractivity contribution >= 4 is 40.1 Å². The fraction of sp³-hybridized carbons (Fsp3) is 0.250. The third-order valence-electron chi connectivity index (χ3n) is 6.62. The molecule has 2 aromatic carbocycles. The molecule has 0 radical (unpaired) electrons. The predicted molar refractivity (Wildman–Crippen MR) is 141 cm³/mol. The van der Waals surface area contributed by atoms with Gasteiger partial charge in [0.15, 0.2) is 0 Å². The number of fused-ring (bicyclic) bond motifs is 5. The summed E-state index contributed by atoms with van der Waals surface area (Å²) in [6.45, 7) is 0. The Kier molecular flexibility index (Phi) is 6.65. The standard InChI is InChI=1S/C28H27ClN4O3/c1-33(20-9-7-19(29)8-10-20)28(35)24-15-18-5-3-4-17(14-18)6-11-22-21(16-25(34)31-24)27-23(30-22)12-13-26(32-27)36-2/h3-5,7-10,12-14,24,30H,6,11,15-16H2,1-2H3,(H,31,34)/t24-/m0/s1. The zero-order chi connectivity index (χ0) is 25.2. The van der Waals surface area contributed by atoms with Gasteiger partial charge in [-0.15, -0.1) is 0 Å². The number of rotatable bonds is 3. The smallest absolute Gasteiger partial charge is 0.249 e. The Labute approximate surface area is 214 Å².